The van der Waals surface area contributed by atoms with Gasteiger partial charge in [0.1, 0.15) is 17.3 Å². The maximum Gasteiger partial charge on any atom is 0.323 e. The first-order chi connectivity index (χ1) is 12.7. The normalized spacial score (nSPS) is 10.5. The van der Waals surface area contributed by atoms with Crippen LogP contribution < -0.4 is 15.4 Å². The summed E-state index contributed by atoms with van der Waals surface area (Å²) >= 11 is 0. The molecular formula is C21H17FN2O2. The van der Waals surface area contributed by atoms with Gasteiger partial charge in [0.15, 0.2) is 0 Å². The molecule has 0 bridgehead atoms. The van der Waals surface area contributed by atoms with Crippen LogP contribution in [0.5, 0.6) is 11.5 Å². The second-order valence-corrected chi connectivity index (χ2v) is 5.39. The molecule has 5 heteroatoms. The largest absolute Gasteiger partial charge is 0.457 e. The molecule has 3 rings (SSSR count). The molecule has 130 valence electrons. The zero-order valence-corrected chi connectivity index (χ0v) is 13.9. The summed E-state index contributed by atoms with van der Waals surface area (Å²) in [6.45, 7) is 0. The second-order valence-electron chi connectivity index (χ2n) is 5.39. The molecule has 2 N–H and O–H groups in total. The standard InChI is InChI=1S/C21H17FN2O2/c22-20-9-5-4-6-16(20)14-15-23-21(25)24-17-10-12-19(13-11-17)26-18-7-2-1-3-8-18/h1-15H,(H2,23,24,25)/b15-14+. The summed E-state index contributed by atoms with van der Waals surface area (Å²) in [7, 11) is 0. The third kappa shape index (κ3) is 4.95. The van der Waals surface area contributed by atoms with Gasteiger partial charge in [-0.2, -0.15) is 0 Å². The van der Waals surface area contributed by atoms with E-state index >= 15 is 0 Å². The Morgan fingerprint density at radius 1 is 0.846 bits per heavy atom. The number of hydrogen-bond acceptors (Lipinski definition) is 2. The van der Waals surface area contributed by atoms with E-state index in [1.54, 1.807) is 42.5 Å². The highest BCUT2D eigenvalue weighted by atomic mass is 19.1. The van der Waals surface area contributed by atoms with Gasteiger partial charge in [0, 0.05) is 17.5 Å². The van der Waals surface area contributed by atoms with Crippen molar-refractivity contribution in [3.8, 4) is 11.5 Å². The molecular weight excluding hydrogens is 331 g/mol. The minimum atomic E-state index is -0.422. The summed E-state index contributed by atoms with van der Waals surface area (Å²) in [4.78, 5) is 11.9. The Balaban J connectivity index is 1.52. The van der Waals surface area contributed by atoms with Gasteiger partial charge in [-0.3, -0.25) is 0 Å². The number of rotatable bonds is 5. The van der Waals surface area contributed by atoms with Crippen LogP contribution in [0, 0.1) is 5.82 Å². The lowest BCUT2D eigenvalue weighted by molar-refractivity contribution is 0.255. The predicted molar refractivity (Wildman–Crippen MR) is 101 cm³/mol. The van der Waals surface area contributed by atoms with Gasteiger partial charge in [-0.1, -0.05) is 36.4 Å². The van der Waals surface area contributed by atoms with Crippen LogP contribution in [0.25, 0.3) is 6.08 Å². The number of nitrogens with one attached hydrogen (secondary N) is 2. The van der Waals surface area contributed by atoms with E-state index in [4.69, 9.17) is 4.74 Å². The number of urea groups is 1. The van der Waals surface area contributed by atoms with Gasteiger partial charge >= 0.3 is 6.03 Å². The van der Waals surface area contributed by atoms with Crippen LogP contribution in [-0.2, 0) is 0 Å². The molecule has 0 aliphatic carbocycles. The molecule has 4 nitrogen and oxygen atoms in total. The summed E-state index contributed by atoms with van der Waals surface area (Å²) in [5.41, 5.74) is 1.01. The number of benzene rings is 3. The van der Waals surface area contributed by atoms with Crippen molar-refractivity contribution < 1.29 is 13.9 Å². The highest BCUT2D eigenvalue weighted by Crippen LogP contribution is 2.22. The molecule has 0 radical (unpaired) electrons. The Bertz CT molecular complexity index is 893. The number of carbonyl (C=O) groups excluding carboxylic acids is 1. The first-order valence-electron chi connectivity index (χ1n) is 8.02. The average Bonchev–Trinajstić information content (AvgIpc) is 2.66. The summed E-state index contributed by atoms with van der Waals surface area (Å²) < 4.78 is 19.2. The predicted octanol–water partition coefficient (Wildman–Crippen LogP) is 5.41. The maximum absolute atomic E-state index is 13.5. The van der Waals surface area contributed by atoms with Crippen LogP contribution in [0.4, 0.5) is 14.9 Å². The SMILES string of the molecule is O=C(N/C=C/c1ccccc1F)Nc1ccc(Oc2ccccc2)cc1. The monoisotopic (exact) mass is 348 g/mol. The molecule has 0 fully saturated rings. The molecule has 3 aromatic rings. The van der Waals surface area contributed by atoms with E-state index in [-0.39, 0.29) is 5.82 Å². The van der Waals surface area contributed by atoms with Gasteiger partial charge in [-0.05, 0) is 48.5 Å². The molecule has 0 aliphatic rings. The Kier molecular flexibility index (Phi) is 5.62. The van der Waals surface area contributed by atoms with E-state index in [0.717, 1.165) is 5.75 Å². The Morgan fingerprint density at radius 3 is 2.23 bits per heavy atom. The number of amides is 2. The number of hydrogen-bond donors (Lipinski definition) is 2. The number of anilines is 1. The highest BCUT2D eigenvalue weighted by molar-refractivity contribution is 5.90. The summed E-state index contributed by atoms with van der Waals surface area (Å²) in [6, 6.07) is 22.3. The molecule has 0 heterocycles. The highest BCUT2D eigenvalue weighted by Gasteiger charge is 2.01. The number of halogens is 1. The van der Waals surface area contributed by atoms with Gasteiger partial charge in [0.2, 0.25) is 0 Å². The first kappa shape index (κ1) is 17.2. The van der Waals surface area contributed by atoms with Crippen molar-refractivity contribution in [2.45, 2.75) is 0 Å². The second kappa shape index (κ2) is 8.48. The van der Waals surface area contributed by atoms with Crippen molar-refractivity contribution in [1.29, 1.82) is 0 Å². The number of ether oxygens (including phenoxy) is 1. The van der Waals surface area contributed by atoms with E-state index in [0.29, 0.717) is 17.0 Å². The van der Waals surface area contributed by atoms with Crippen molar-refractivity contribution in [3.63, 3.8) is 0 Å². The van der Waals surface area contributed by atoms with E-state index in [9.17, 15) is 9.18 Å². The fourth-order valence-electron chi connectivity index (χ4n) is 2.22. The van der Waals surface area contributed by atoms with Gasteiger partial charge in [0.25, 0.3) is 0 Å². The molecule has 0 unspecified atom stereocenters. The zero-order chi connectivity index (χ0) is 18.2. The van der Waals surface area contributed by atoms with Crippen molar-refractivity contribution in [2.24, 2.45) is 0 Å². The molecule has 2 amide bonds. The molecule has 3 aromatic carbocycles. The first-order valence-corrected chi connectivity index (χ1v) is 8.02. The maximum atomic E-state index is 13.5. The third-order valence-corrected chi connectivity index (χ3v) is 3.47. The minimum Gasteiger partial charge on any atom is -0.457 e. The topological polar surface area (TPSA) is 50.4 Å². The number of carbonyl (C=O) groups is 1. The number of para-hydroxylation sites is 1. The Morgan fingerprint density at radius 2 is 1.50 bits per heavy atom. The van der Waals surface area contributed by atoms with Crippen LogP contribution in [-0.4, -0.2) is 6.03 Å². The minimum absolute atomic E-state index is 0.347. The van der Waals surface area contributed by atoms with Crippen LogP contribution in [0.15, 0.2) is 85.1 Å². The zero-order valence-electron chi connectivity index (χ0n) is 13.9. The summed E-state index contributed by atoms with van der Waals surface area (Å²) in [5.74, 6) is 1.06. The van der Waals surface area contributed by atoms with Gasteiger partial charge in [-0.15, -0.1) is 0 Å². The molecule has 0 saturated carbocycles. The lowest BCUT2D eigenvalue weighted by Gasteiger charge is -2.08. The van der Waals surface area contributed by atoms with Crippen molar-refractivity contribution in [1.82, 2.24) is 5.32 Å². The lowest BCUT2D eigenvalue weighted by atomic mass is 10.2. The van der Waals surface area contributed by atoms with E-state index in [2.05, 4.69) is 10.6 Å². The molecule has 0 aliphatic heterocycles. The lowest BCUT2D eigenvalue weighted by Crippen LogP contribution is -2.23. The van der Waals surface area contributed by atoms with Gasteiger partial charge in [0.05, 0.1) is 0 Å². The Hall–Kier alpha value is -3.60. The van der Waals surface area contributed by atoms with E-state index in [1.165, 1.54) is 18.3 Å². The van der Waals surface area contributed by atoms with Crippen molar-refractivity contribution in [2.75, 3.05) is 5.32 Å². The van der Waals surface area contributed by atoms with Crippen LogP contribution in [0.1, 0.15) is 5.56 Å². The van der Waals surface area contributed by atoms with Crippen LogP contribution in [0.2, 0.25) is 0 Å². The summed E-state index contributed by atoms with van der Waals surface area (Å²) in [5, 5.41) is 5.22. The van der Waals surface area contributed by atoms with E-state index < -0.39 is 6.03 Å². The third-order valence-electron chi connectivity index (χ3n) is 3.47. The molecule has 26 heavy (non-hydrogen) atoms. The fourth-order valence-corrected chi connectivity index (χ4v) is 2.22. The van der Waals surface area contributed by atoms with E-state index in [1.807, 2.05) is 30.3 Å². The quantitative estimate of drug-likeness (QED) is 0.648. The smallest absolute Gasteiger partial charge is 0.323 e. The summed E-state index contributed by atoms with van der Waals surface area (Å²) in [6.07, 6.45) is 2.88. The molecule has 0 atom stereocenters. The molecule has 0 aromatic heterocycles. The average molecular weight is 348 g/mol. The molecule has 0 spiro atoms. The fraction of sp³-hybridized carbons (Fsp3) is 0. The van der Waals surface area contributed by atoms with Gasteiger partial charge in [-0.25, -0.2) is 9.18 Å². The van der Waals surface area contributed by atoms with Crippen LogP contribution >= 0.6 is 0 Å². The Labute approximate surface area is 150 Å². The van der Waals surface area contributed by atoms with Crippen LogP contribution in [0.3, 0.4) is 0 Å². The van der Waals surface area contributed by atoms with Crippen molar-refractivity contribution >= 4 is 17.8 Å². The van der Waals surface area contributed by atoms with Crippen molar-refractivity contribution in [3.05, 3.63) is 96.4 Å². The van der Waals surface area contributed by atoms with Gasteiger partial charge < -0.3 is 15.4 Å². The molecule has 0 saturated heterocycles.